The van der Waals surface area contributed by atoms with E-state index in [1.165, 1.54) is 6.92 Å². The van der Waals surface area contributed by atoms with Crippen LogP contribution in [-0.4, -0.2) is 5.97 Å². The Hall–Kier alpha value is 1.14. The molecule has 0 aromatic heterocycles. The van der Waals surface area contributed by atoms with E-state index in [4.69, 9.17) is 0 Å². The molecule has 0 aromatic carbocycles. The summed E-state index contributed by atoms with van der Waals surface area (Å²) in [6.07, 6.45) is 0. The quantitative estimate of drug-likeness (QED) is 0.494. The predicted molar refractivity (Wildman–Crippen MR) is 25.8 cm³/mol. The van der Waals surface area contributed by atoms with Gasteiger partial charge in [-0.2, -0.15) is 0 Å². The molecule has 0 aliphatic heterocycles. The second-order valence-electron chi connectivity index (χ2n) is 0.745. The second-order valence-corrected chi connectivity index (χ2v) is 8.18. The Bertz CT molecular complexity index is 55.5. The molecule has 0 unspecified atom stereocenters. The molecule has 0 aromatic rings. The van der Waals surface area contributed by atoms with Crippen LogP contribution in [0, 0.1) is 0 Å². The van der Waals surface area contributed by atoms with Crippen molar-refractivity contribution in [3.8, 4) is 0 Å². The van der Waals surface area contributed by atoms with Crippen LogP contribution >= 0.6 is 17.7 Å². The van der Waals surface area contributed by atoms with Crippen LogP contribution in [0.2, 0.25) is 0 Å². The van der Waals surface area contributed by atoms with E-state index in [9.17, 15) is 4.79 Å². The number of carbonyl (C=O) groups is 1. The van der Waals surface area contributed by atoms with Gasteiger partial charge >= 0.3 is 58.7 Å². The van der Waals surface area contributed by atoms with E-state index in [2.05, 4.69) is 20.3 Å². The van der Waals surface area contributed by atoms with Crippen LogP contribution in [-0.2, 0) is 28.1 Å². The normalized spacial score (nSPS) is 6.33. The van der Waals surface area contributed by atoms with Crippen molar-refractivity contribution in [3.05, 3.63) is 0 Å². The second kappa shape index (κ2) is 4.30. The van der Waals surface area contributed by atoms with Crippen LogP contribution in [0.4, 0.5) is 0 Å². The molecule has 0 atom stereocenters. The fourth-order valence-electron chi connectivity index (χ4n) is 0.0768. The van der Waals surface area contributed by atoms with Gasteiger partial charge in [-0.05, 0) is 0 Å². The molecule has 0 fully saturated rings. The Balaban J connectivity index is 2.83. The van der Waals surface area contributed by atoms with Gasteiger partial charge in [0.05, 0.1) is 0 Å². The molecule has 0 heterocycles. The molecule has 0 saturated carbocycles. The van der Waals surface area contributed by atoms with Gasteiger partial charge in [0.25, 0.3) is 0 Å². The molecule has 0 aliphatic carbocycles. The zero-order valence-corrected chi connectivity index (χ0v) is 11.1. The van der Waals surface area contributed by atoms with Crippen LogP contribution in [0.25, 0.3) is 0 Å². The molecule has 0 radical (unpaired) electrons. The monoisotopic (exact) mass is 388 g/mol. The zero-order chi connectivity index (χ0) is 4.99. The summed E-state index contributed by atoms with van der Waals surface area (Å²) in [6.45, 7) is 1.44. The summed E-state index contributed by atoms with van der Waals surface area (Å²) >= 11 is 1.09. The summed E-state index contributed by atoms with van der Waals surface area (Å²) < 4.78 is 4.61. The van der Waals surface area contributed by atoms with Gasteiger partial charge in [0.15, 0.2) is 0 Å². The Morgan fingerprint density at radius 2 is 2.50 bits per heavy atom. The van der Waals surface area contributed by atoms with Crippen molar-refractivity contribution in [3.63, 3.8) is 0 Å². The van der Waals surface area contributed by atoms with E-state index in [-0.39, 0.29) is 5.97 Å². The van der Waals surface area contributed by atoms with Crippen molar-refractivity contribution < 1.29 is 28.1 Å². The summed E-state index contributed by atoms with van der Waals surface area (Å²) in [6, 6.07) is 0. The Morgan fingerprint density at radius 3 is 2.50 bits per heavy atom. The molecule has 4 heteroatoms. The van der Waals surface area contributed by atoms with Crippen LogP contribution < -0.4 is 0 Å². The van der Waals surface area contributed by atoms with Gasteiger partial charge in [-0.3, -0.25) is 0 Å². The Kier molecular flexibility index (Phi) is 5.11. The van der Waals surface area contributed by atoms with Gasteiger partial charge in [-0.15, -0.1) is 0 Å². The maximum absolute atomic E-state index is 9.87. The van der Waals surface area contributed by atoms with Crippen LogP contribution in [0.5, 0.6) is 0 Å². The average molecular weight is 387 g/mol. The van der Waals surface area contributed by atoms with Gasteiger partial charge in [0.1, 0.15) is 0 Å². The molecule has 0 amide bonds. The van der Waals surface area contributed by atoms with E-state index in [0.29, 0.717) is 0 Å². The van der Waals surface area contributed by atoms with Gasteiger partial charge in [0, 0.05) is 0 Å². The topological polar surface area (TPSA) is 26.3 Å². The van der Waals surface area contributed by atoms with E-state index in [1.54, 1.807) is 0 Å². The fraction of sp³-hybridized carbons (Fsp3) is 0.500. The van der Waals surface area contributed by atoms with Crippen molar-refractivity contribution in [2.75, 3.05) is 0 Å². The van der Waals surface area contributed by atoms with Gasteiger partial charge in [0.2, 0.25) is 0 Å². The van der Waals surface area contributed by atoms with Crippen LogP contribution in [0.1, 0.15) is 6.92 Å². The summed E-state index contributed by atoms with van der Waals surface area (Å²) in [4.78, 5) is 9.87. The van der Waals surface area contributed by atoms with Crippen molar-refractivity contribution in [1.82, 2.24) is 0 Å². The minimum absolute atomic E-state index is 0.119. The van der Waals surface area contributed by atoms with Crippen molar-refractivity contribution in [1.29, 1.82) is 0 Å². The third-order valence-corrected chi connectivity index (χ3v) is 4.99. The molecule has 0 spiro atoms. The first-order chi connectivity index (χ1) is 2.77. The van der Waals surface area contributed by atoms with Gasteiger partial charge in [-0.1, -0.05) is 0 Å². The summed E-state index contributed by atoms with van der Waals surface area (Å²) in [5, 5.41) is 0. The van der Waals surface area contributed by atoms with Crippen molar-refractivity contribution >= 4 is 23.6 Å². The molecule has 0 N–H and O–H groups in total. The molecule has 0 saturated heterocycles. The number of halogens is 1. The van der Waals surface area contributed by atoms with Crippen LogP contribution in [0.3, 0.4) is 0 Å². The molecule has 0 rings (SSSR count). The third kappa shape index (κ3) is 5.14. The summed E-state index contributed by atoms with van der Waals surface area (Å²) in [5.74, 6) is -0.119. The maximum atomic E-state index is 9.87. The molecule has 6 heavy (non-hydrogen) atoms. The first kappa shape index (κ1) is 7.14. The molecule has 0 aliphatic rings. The Morgan fingerprint density at radius 1 is 2.00 bits per heavy atom. The van der Waals surface area contributed by atoms with Crippen molar-refractivity contribution in [2.24, 2.45) is 0 Å². The SMILES string of the molecule is CC(=O)[O][Hg][I]. The van der Waals surface area contributed by atoms with Gasteiger partial charge < -0.3 is 0 Å². The minimum atomic E-state index is -1.09. The molecule has 0 bridgehead atoms. The standard InChI is InChI=1S/C2H4O2.Hg.HI/c1-2(3)4;;/h1H3,(H,3,4);;1H/q;+2;/p-2. The third-order valence-electron chi connectivity index (χ3n) is 0.258. The predicted octanol–water partition coefficient (Wildman–Crippen LogP) is 0.897. The fourth-order valence-corrected chi connectivity index (χ4v) is 4.52. The van der Waals surface area contributed by atoms with E-state index in [0.717, 1.165) is 0 Å². The Labute approximate surface area is 58.1 Å². The number of hydrogen-bond acceptors (Lipinski definition) is 2. The average Bonchev–Trinajstić information content (AvgIpc) is 1.35. The number of carbonyl (C=O) groups excluding carboxylic acids is 1. The van der Waals surface area contributed by atoms with Gasteiger partial charge in [-0.25, -0.2) is 0 Å². The molecular weight excluding hydrogens is 384 g/mol. The summed E-state index contributed by atoms with van der Waals surface area (Å²) in [7, 11) is 0. The molecule has 32 valence electrons. The molecular formula is C2H3HgIO2. The van der Waals surface area contributed by atoms with Crippen LogP contribution in [0.15, 0.2) is 0 Å². The number of rotatable bonds is 1. The number of hydrogen-bond donors (Lipinski definition) is 0. The molecule has 2 nitrogen and oxygen atoms in total. The first-order valence-corrected chi connectivity index (χ1v) is 19.2. The van der Waals surface area contributed by atoms with E-state index >= 15 is 0 Å². The first-order valence-electron chi connectivity index (χ1n) is 1.46. The summed E-state index contributed by atoms with van der Waals surface area (Å²) in [5.41, 5.74) is 0. The zero-order valence-electron chi connectivity index (χ0n) is 3.40. The van der Waals surface area contributed by atoms with Crippen molar-refractivity contribution in [2.45, 2.75) is 6.92 Å². The van der Waals surface area contributed by atoms with E-state index in [1.807, 2.05) is 0 Å². The van der Waals surface area contributed by atoms with E-state index < -0.39 is 20.7 Å².